The Bertz CT molecular complexity index is 471. The molecule has 0 aliphatic carbocycles. The van der Waals surface area contributed by atoms with Crippen LogP contribution >= 0.6 is 0 Å². The third-order valence-corrected chi connectivity index (χ3v) is 2.96. The average Bonchev–Trinajstić information content (AvgIpc) is 2.40. The van der Waals surface area contributed by atoms with Crippen LogP contribution in [-0.4, -0.2) is 42.9 Å². The number of carbonyl (C=O) groups is 1. The Balaban J connectivity index is 2.17. The van der Waals surface area contributed by atoms with E-state index in [1.54, 1.807) is 19.2 Å². The lowest BCUT2D eigenvalue weighted by Gasteiger charge is -2.28. The number of aromatic carboxylic acids is 1. The van der Waals surface area contributed by atoms with Crippen LogP contribution < -0.4 is 4.90 Å². The molecule has 5 nitrogen and oxygen atoms in total. The van der Waals surface area contributed by atoms with Crippen LogP contribution in [0.2, 0.25) is 0 Å². The molecule has 0 saturated carbocycles. The lowest BCUT2D eigenvalue weighted by molar-refractivity contribution is 0.0691. The van der Waals surface area contributed by atoms with Crippen molar-refractivity contribution < 1.29 is 14.6 Å². The van der Waals surface area contributed by atoms with Gasteiger partial charge in [-0.25, -0.2) is 9.78 Å². The molecule has 0 atom stereocenters. The number of carboxylic acid groups (broad SMARTS) is 1. The van der Waals surface area contributed by atoms with E-state index in [1.807, 2.05) is 4.90 Å². The minimum absolute atomic E-state index is 0.112. The number of rotatable bonds is 4. The van der Waals surface area contributed by atoms with Crippen molar-refractivity contribution in [3.8, 4) is 0 Å². The minimum atomic E-state index is -0.989. The second-order valence-corrected chi connectivity index (χ2v) is 4.17. The van der Waals surface area contributed by atoms with Crippen LogP contribution in [-0.2, 0) is 4.74 Å². The van der Waals surface area contributed by atoms with E-state index in [9.17, 15) is 4.79 Å². The Morgan fingerprint density at radius 2 is 2.44 bits per heavy atom. The van der Waals surface area contributed by atoms with Gasteiger partial charge in [-0.3, -0.25) is 0 Å². The van der Waals surface area contributed by atoms with Crippen LogP contribution in [0.1, 0.15) is 16.9 Å². The molecular weight excluding hydrogens is 232 g/mol. The molecule has 1 aliphatic heterocycles. The standard InChI is InChI=1S/C13H16N2O3/c1-18-9-10-4-7-15(8-5-10)11-3-2-6-14-12(11)13(16)17/h2-4,6H,5,7-9H2,1H3,(H,16,17). The summed E-state index contributed by atoms with van der Waals surface area (Å²) in [5.41, 5.74) is 2.05. The molecule has 0 aromatic carbocycles. The largest absolute Gasteiger partial charge is 0.476 e. The van der Waals surface area contributed by atoms with Gasteiger partial charge < -0.3 is 14.7 Å². The first-order chi connectivity index (χ1) is 8.72. The van der Waals surface area contributed by atoms with Crippen molar-refractivity contribution in [1.82, 2.24) is 4.98 Å². The van der Waals surface area contributed by atoms with Gasteiger partial charge in [-0.2, -0.15) is 0 Å². The first-order valence-corrected chi connectivity index (χ1v) is 5.82. The van der Waals surface area contributed by atoms with Crippen LogP contribution in [0, 0.1) is 0 Å². The summed E-state index contributed by atoms with van der Waals surface area (Å²) in [5, 5.41) is 9.11. The molecule has 1 aliphatic rings. The maximum Gasteiger partial charge on any atom is 0.356 e. The van der Waals surface area contributed by atoms with E-state index in [4.69, 9.17) is 9.84 Å². The highest BCUT2D eigenvalue weighted by atomic mass is 16.5. The zero-order valence-corrected chi connectivity index (χ0v) is 10.3. The van der Waals surface area contributed by atoms with Gasteiger partial charge in [-0.05, 0) is 24.1 Å². The Hall–Kier alpha value is -1.88. The molecule has 0 radical (unpaired) electrons. The summed E-state index contributed by atoms with van der Waals surface area (Å²) in [4.78, 5) is 17.1. The van der Waals surface area contributed by atoms with Gasteiger partial charge >= 0.3 is 5.97 Å². The first-order valence-electron chi connectivity index (χ1n) is 5.82. The maximum absolute atomic E-state index is 11.1. The Labute approximate surface area is 106 Å². The predicted octanol–water partition coefficient (Wildman–Crippen LogP) is 1.56. The van der Waals surface area contributed by atoms with E-state index >= 15 is 0 Å². The highest BCUT2D eigenvalue weighted by molar-refractivity contribution is 5.92. The summed E-state index contributed by atoms with van der Waals surface area (Å²) in [6.45, 7) is 2.14. The molecule has 0 unspecified atom stereocenters. The molecule has 1 N–H and O–H groups in total. The lowest BCUT2D eigenvalue weighted by Crippen LogP contribution is -2.31. The van der Waals surface area contributed by atoms with E-state index in [1.165, 1.54) is 11.8 Å². The molecule has 2 heterocycles. The van der Waals surface area contributed by atoms with Gasteiger partial charge in [-0.1, -0.05) is 6.08 Å². The van der Waals surface area contributed by atoms with E-state index < -0.39 is 5.97 Å². The summed E-state index contributed by atoms with van der Waals surface area (Å²) in [5.74, 6) is -0.989. The Morgan fingerprint density at radius 1 is 1.61 bits per heavy atom. The summed E-state index contributed by atoms with van der Waals surface area (Å²) in [6.07, 6.45) is 4.48. The molecule has 5 heteroatoms. The van der Waals surface area contributed by atoms with E-state index in [2.05, 4.69) is 11.1 Å². The molecule has 0 saturated heterocycles. The normalized spacial score (nSPS) is 15.4. The number of pyridine rings is 1. The van der Waals surface area contributed by atoms with E-state index in [0.717, 1.165) is 13.0 Å². The fourth-order valence-corrected chi connectivity index (χ4v) is 2.06. The molecule has 0 bridgehead atoms. The number of aromatic nitrogens is 1. The summed E-state index contributed by atoms with van der Waals surface area (Å²) >= 11 is 0. The number of hydrogen-bond donors (Lipinski definition) is 1. The second kappa shape index (κ2) is 5.64. The molecule has 96 valence electrons. The molecule has 1 aromatic rings. The summed E-state index contributed by atoms with van der Waals surface area (Å²) < 4.78 is 5.09. The van der Waals surface area contributed by atoms with Crippen LogP contribution in [0.25, 0.3) is 0 Å². The third-order valence-electron chi connectivity index (χ3n) is 2.96. The Morgan fingerprint density at radius 3 is 3.06 bits per heavy atom. The number of anilines is 1. The molecule has 18 heavy (non-hydrogen) atoms. The number of ether oxygens (including phenoxy) is 1. The van der Waals surface area contributed by atoms with Crippen LogP contribution in [0.5, 0.6) is 0 Å². The lowest BCUT2D eigenvalue weighted by atomic mass is 10.1. The molecular formula is C13H16N2O3. The van der Waals surface area contributed by atoms with Crippen LogP contribution in [0.3, 0.4) is 0 Å². The molecule has 0 spiro atoms. The quantitative estimate of drug-likeness (QED) is 0.819. The van der Waals surface area contributed by atoms with Crippen LogP contribution in [0.15, 0.2) is 30.0 Å². The molecule has 0 amide bonds. The van der Waals surface area contributed by atoms with Crippen molar-refractivity contribution in [2.45, 2.75) is 6.42 Å². The van der Waals surface area contributed by atoms with Gasteiger partial charge in [0.2, 0.25) is 0 Å². The molecule has 2 rings (SSSR count). The van der Waals surface area contributed by atoms with E-state index in [0.29, 0.717) is 18.8 Å². The first kappa shape index (κ1) is 12.6. The van der Waals surface area contributed by atoms with Crippen molar-refractivity contribution >= 4 is 11.7 Å². The number of nitrogens with zero attached hydrogens (tertiary/aromatic N) is 2. The Kier molecular flexibility index (Phi) is 3.94. The predicted molar refractivity (Wildman–Crippen MR) is 68.0 cm³/mol. The van der Waals surface area contributed by atoms with Gasteiger partial charge in [-0.15, -0.1) is 0 Å². The summed E-state index contributed by atoms with van der Waals surface area (Å²) in [7, 11) is 1.68. The SMILES string of the molecule is COCC1=CCN(c2cccnc2C(=O)O)CC1. The van der Waals surface area contributed by atoms with Crippen molar-refractivity contribution in [3.05, 3.63) is 35.7 Å². The average molecular weight is 248 g/mol. The van der Waals surface area contributed by atoms with Crippen molar-refractivity contribution in [1.29, 1.82) is 0 Å². The number of methoxy groups -OCH3 is 1. The zero-order chi connectivity index (χ0) is 13.0. The smallest absolute Gasteiger partial charge is 0.356 e. The minimum Gasteiger partial charge on any atom is -0.476 e. The van der Waals surface area contributed by atoms with E-state index in [-0.39, 0.29) is 5.69 Å². The monoisotopic (exact) mass is 248 g/mol. The van der Waals surface area contributed by atoms with Gasteiger partial charge in [0.05, 0.1) is 12.3 Å². The molecule has 0 fully saturated rings. The maximum atomic E-state index is 11.1. The molecule has 1 aromatic heterocycles. The van der Waals surface area contributed by atoms with Crippen LogP contribution in [0.4, 0.5) is 5.69 Å². The topological polar surface area (TPSA) is 62.7 Å². The highest BCUT2D eigenvalue weighted by Gasteiger charge is 2.18. The summed E-state index contributed by atoms with van der Waals surface area (Å²) in [6, 6.07) is 3.56. The van der Waals surface area contributed by atoms with Gasteiger partial charge in [0, 0.05) is 26.4 Å². The van der Waals surface area contributed by atoms with Gasteiger partial charge in [0.1, 0.15) is 0 Å². The van der Waals surface area contributed by atoms with Gasteiger partial charge in [0.25, 0.3) is 0 Å². The van der Waals surface area contributed by atoms with Crippen molar-refractivity contribution in [2.75, 3.05) is 31.7 Å². The zero-order valence-electron chi connectivity index (χ0n) is 10.3. The number of carboxylic acids is 1. The second-order valence-electron chi connectivity index (χ2n) is 4.17. The fourth-order valence-electron chi connectivity index (χ4n) is 2.06. The highest BCUT2D eigenvalue weighted by Crippen LogP contribution is 2.22. The van der Waals surface area contributed by atoms with Crippen molar-refractivity contribution in [2.24, 2.45) is 0 Å². The number of hydrogen-bond acceptors (Lipinski definition) is 4. The van der Waals surface area contributed by atoms with Crippen molar-refractivity contribution in [3.63, 3.8) is 0 Å². The third kappa shape index (κ3) is 2.68. The fraction of sp³-hybridized carbons (Fsp3) is 0.385. The van der Waals surface area contributed by atoms with Gasteiger partial charge in [0.15, 0.2) is 5.69 Å².